The van der Waals surface area contributed by atoms with E-state index >= 15 is 0 Å². The first-order chi connectivity index (χ1) is 18.3. The zero-order valence-electron chi connectivity index (χ0n) is 21.5. The average Bonchev–Trinajstić information content (AvgIpc) is 3.35. The average molecular weight is 555 g/mol. The predicted octanol–water partition coefficient (Wildman–Crippen LogP) is 6.08. The van der Waals surface area contributed by atoms with Gasteiger partial charge in [-0.25, -0.2) is 14.1 Å². The number of ether oxygens (including phenoxy) is 2. The lowest BCUT2D eigenvalue weighted by molar-refractivity contribution is -0.109. The van der Waals surface area contributed by atoms with Crippen molar-refractivity contribution in [2.45, 2.75) is 44.0 Å². The quantitative estimate of drug-likeness (QED) is 0.131. The molecule has 38 heavy (non-hydrogen) atoms. The van der Waals surface area contributed by atoms with E-state index in [0.717, 1.165) is 42.0 Å². The van der Waals surface area contributed by atoms with Crippen LogP contribution in [0.2, 0.25) is 0 Å². The third-order valence-corrected chi connectivity index (χ3v) is 8.76. The second-order valence-corrected chi connectivity index (χ2v) is 11.5. The maximum absolute atomic E-state index is 12.2. The molecule has 0 aliphatic carbocycles. The molecule has 1 aliphatic rings. The Morgan fingerprint density at radius 1 is 1.29 bits per heavy atom. The lowest BCUT2D eigenvalue weighted by Crippen LogP contribution is -2.49. The highest BCUT2D eigenvalue weighted by atomic mass is 32.2. The van der Waals surface area contributed by atoms with Crippen LogP contribution in [0.15, 0.2) is 53.7 Å². The van der Waals surface area contributed by atoms with Crippen molar-refractivity contribution in [3.8, 4) is 16.5 Å². The van der Waals surface area contributed by atoms with Gasteiger partial charge in [-0.15, -0.1) is 16.2 Å². The fraction of sp³-hybridized carbons (Fsp3) is 0.370. The summed E-state index contributed by atoms with van der Waals surface area (Å²) in [5.74, 6) is 0.333. The van der Waals surface area contributed by atoms with Gasteiger partial charge >= 0.3 is 5.97 Å². The van der Waals surface area contributed by atoms with Gasteiger partial charge in [0.1, 0.15) is 17.3 Å². The number of rotatable bonds is 11. The van der Waals surface area contributed by atoms with Gasteiger partial charge in [-0.1, -0.05) is 36.2 Å². The van der Waals surface area contributed by atoms with E-state index in [4.69, 9.17) is 9.47 Å². The summed E-state index contributed by atoms with van der Waals surface area (Å²) in [5.41, 5.74) is 3.31. The molecule has 200 valence electrons. The fourth-order valence-electron chi connectivity index (χ4n) is 4.44. The third-order valence-electron chi connectivity index (χ3n) is 6.24. The molecule has 2 aromatic carbocycles. The third kappa shape index (κ3) is 6.77. The number of hydrogen-bond donors (Lipinski definition) is 1. The molecule has 3 aromatic rings. The second-order valence-electron chi connectivity index (χ2n) is 9.49. The summed E-state index contributed by atoms with van der Waals surface area (Å²) in [7, 11) is 1.30. The molecule has 0 radical (unpaired) electrons. The first kappa shape index (κ1) is 27.7. The zero-order valence-corrected chi connectivity index (χ0v) is 23.1. The van der Waals surface area contributed by atoms with Crippen molar-refractivity contribution in [1.82, 2.24) is 9.29 Å². The van der Waals surface area contributed by atoms with Crippen LogP contribution in [0.3, 0.4) is 0 Å². The molecule has 1 aromatic heterocycles. The van der Waals surface area contributed by atoms with Gasteiger partial charge in [0.25, 0.3) is 0 Å². The minimum Gasteiger partial charge on any atom is -0.469 e. The number of aromatic nitrogens is 1. The Morgan fingerprint density at radius 2 is 2.11 bits per heavy atom. The highest BCUT2D eigenvalue weighted by Gasteiger charge is 2.35. The molecule has 1 unspecified atom stereocenters. The van der Waals surface area contributed by atoms with Gasteiger partial charge in [-0.2, -0.15) is 0 Å². The van der Waals surface area contributed by atoms with Crippen LogP contribution >= 0.6 is 23.3 Å². The predicted molar refractivity (Wildman–Crippen MR) is 151 cm³/mol. The maximum Gasteiger partial charge on any atom is 0.353 e. The first-order valence-electron chi connectivity index (χ1n) is 12.2. The standard InChI is InChI=1S/C27H30N4O5S2/c1-27(2)16-22(10-11-31(27)37-17-18-6-4-9-21(14-18)30-34)28-20-8-5-7-19(15-20)25-29-24(36-13-12-32)23(38-25)26(33)35-3/h4-9,12,14-15,22,28H,10-11,13,16-17H2,1-3H3. The monoisotopic (exact) mass is 554 g/mol. The molecular formula is C27H30N4O5S2. The summed E-state index contributed by atoms with van der Waals surface area (Å²) in [6.45, 7) is 5.23. The fourth-order valence-corrected chi connectivity index (χ4v) is 6.51. The number of hydrogen-bond acceptors (Lipinski definition) is 11. The minimum absolute atomic E-state index is 0.0335. The van der Waals surface area contributed by atoms with E-state index in [-0.39, 0.29) is 28.9 Å². The molecule has 1 fully saturated rings. The number of carbonyl (C=O) groups is 2. The van der Waals surface area contributed by atoms with Crippen molar-refractivity contribution in [1.29, 1.82) is 0 Å². The van der Waals surface area contributed by atoms with E-state index in [1.54, 1.807) is 18.0 Å². The second kappa shape index (κ2) is 12.5. The molecule has 4 rings (SSSR count). The van der Waals surface area contributed by atoms with Crippen molar-refractivity contribution in [3.05, 3.63) is 63.9 Å². The number of aldehydes is 1. The Labute approximate surface area is 230 Å². The number of esters is 1. The van der Waals surface area contributed by atoms with Crippen LogP contribution in [0.4, 0.5) is 11.4 Å². The van der Waals surface area contributed by atoms with Gasteiger partial charge in [0, 0.05) is 35.1 Å². The van der Waals surface area contributed by atoms with Gasteiger partial charge in [-0.05, 0) is 61.7 Å². The highest BCUT2D eigenvalue weighted by Crippen LogP contribution is 2.37. The van der Waals surface area contributed by atoms with Crippen LogP contribution in [0.25, 0.3) is 10.6 Å². The summed E-state index contributed by atoms with van der Waals surface area (Å²) >= 11 is 2.95. The van der Waals surface area contributed by atoms with Crippen LogP contribution in [0, 0.1) is 4.91 Å². The number of benzene rings is 2. The molecule has 0 spiro atoms. The van der Waals surface area contributed by atoms with Gasteiger partial charge in [0.15, 0.2) is 11.2 Å². The molecule has 9 nitrogen and oxygen atoms in total. The Morgan fingerprint density at radius 3 is 2.84 bits per heavy atom. The maximum atomic E-state index is 12.2. The van der Waals surface area contributed by atoms with E-state index in [1.165, 1.54) is 18.4 Å². The lowest BCUT2D eigenvalue weighted by atomic mass is 9.89. The SMILES string of the molecule is COC(=O)c1sc(-c2cccc(NC3CCN(SCc4cccc(N=O)c4)C(C)(C)C3)c2)nc1OCC=O. The van der Waals surface area contributed by atoms with E-state index in [0.29, 0.717) is 17.0 Å². The van der Waals surface area contributed by atoms with Crippen LogP contribution in [-0.4, -0.2) is 53.4 Å². The molecule has 1 saturated heterocycles. The number of nitrogens with zero attached hydrogens (tertiary/aromatic N) is 3. The number of thiazole rings is 1. The van der Waals surface area contributed by atoms with Crippen LogP contribution in [0.1, 0.15) is 41.9 Å². The molecule has 1 atom stereocenters. The van der Waals surface area contributed by atoms with Crippen molar-refractivity contribution in [2.24, 2.45) is 5.18 Å². The smallest absolute Gasteiger partial charge is 0.353 e. The van der Waals surface area contributed by atoms with Crippen molar-refractivity contribution < 1.29 is 19.1 Å². The van der Waals surface area contributed by atoms with E-state index in [1.807, 2.05) is 42.5 Å². The van der Waals surface area contributed by atoms with Gasteiger partial charge in [-0.3, -0.25) is 4.79 Å². The number of methoxy groups -OCH3 is 1. The van der Waals surface area contributed by atoms with Gasteiger partial charge < -0.3 is 14.8 Å². The summed E-state index contributed by atoms with van der Waals surface area (Å²) in [6.07, 6.45) is 2.54. The number of anilines is 1. The Balaban J connectivity index is 1.41. The number of nitroso groups, excluding NO2 is 1. The summed E-state index contributed by atoms with van der Waals surface area (Å²) in [5, 5.41) is 7.31. The van der Waals surface area contributed by atoms with Crippen LogP contribution < -0.4 is 10.1 Å². The summed E-state index contributed by atoms with van der Waals surface area (Å²) in [4.78, 5) is 38.4. The largest absolute Gasteiger partial charge is 0.469 e. The molecule has 11 heteroatoms. The summed E-state index contributed by atoms with van der Waals surface area (Å²) in [6, 6.07) is 15.6. The van der Waals surface area contributed by atoms with Crippen LogP contribution in [-0.2, 0) is 15.3 Å². The highest BCUT2D eigenvalue weighted by molar-refractivity contribution is 7.96. The lowest BCUT2D eigenvalue weighted by Gasteiger charge is -2.45. The molecule has 1 N–H and O–H groups in total. The Hall–Kier alpha value is -3.28. The zero-order chi connectivity index (χ0) is 27.1. The van der Waals surface area contributed by atoms with Crippen molar-refractivity contribution >= 4 is 46.9 Å². The van der Waals surface area contributed by atoms with E-state index in [2.05, 4.69) is 33.6 Å². The normalized spacial score (nSPS) is 17.0. The molecular weight excluding hydrogens is 524 g/mol. The molecule has 0 saturated carbocycles. The topological polar surface area (TPSA) is 110 Å². The number of piperidine rings is 1. The van der Waals surface area contributed by atoms with Crippen molar-refractivity contribution in [3.63, 3.8) is 0 Å². The van der Waals surface area contributed by atoms with Crippen molar-refractivity contribution in [2.75, 3.05) is 25.6 Å². The number of carbonyl (C=O) groups excluding carboxylic acids is 2. The van der Waals surface area contributed by atoms with Gasteiger partial charge in [0.05, 0.1) is 7.11 Å². The van der Waals surface area contributed by atoms with E-state index in [9.17, 15) is 14.5 Å². The molecule has 1 aliphatic heterocycles. The van der Waals surface area contributed by atoms with E-state index < -0.39 is 5.97 Å². The summed E-state index contributed by atoms with van der Waals surface area (Å²) < 4.78 is 12.6. The van der Waals surface area contributed by atoms with Crippen LogP contribution in [0.5, 0.6) is 5.88 Å². The Bertz CT molecular complexity index is 1300. The molecule has 0 bridgehead atoms. The Kier molecular flexibility index (Phi) is 9.13. The van der Waals surface area contributed by atoms with Gasteiger partial charge in [0.2, 0.25) is 5.88 Å². The molecule has 2 heterocycles. The molecule has 0 amide bonds. The minimum atomic E-state index is -0.552. The first-order valence-corrected chi connectivity index (χ1v) is 13.9. The number of nitrogens with one attached hydrogen (secondary N) is 1.